The fourth-order valence-electron chi connectivity index (χ4n) is 14.6. The van der Waals surface area contributed by atoms with E-state index in [1.54, 1.807) is 0 Å². The predicted octanol–water partition coefficient (Wildman–Crippen LogP) is 1.32. The predicted molar refractivity (Wildman–Crippen MR) is 213 cm³/mol. The topological polar surface area (TPSA) is 236 Å². The van der Waals surface area contributed by atoms with Gasteiger partial charge in [-0.25, -0.2) is 0 Å². The van der Waals surface area contributed by atoms with Crippen molar-refractivity contribution in [2.45, 2.75) is 216 Å². The number of hydrogen-bond acceptors (Lipinski definition) is 16. The Morgan fingerprint density at radius 2 is 1.23 bits per heavy atom. The summed E-state index contributed by atoms with van der Waals surface area (Å²) in [5, 5.41) is 85.9. The van der Waals surface area contributed by atoms with Crippen LogP contribution in [0, 0.1) is 52.3 Å². The molecule has 9 aliphatic rings. The Morgan fingerprint density at radius 3 is 1.85 bits per heavy atom. The maximum absolute atomic E-state index is 12.0. The van der Waals surface area contributed by atoms with Gasteiger partial charge in [0, 0.05) is 12.3 Å². The molecule has 0 bridgehead atoms. The SMILES string of the molecule is CC1CC[C@@]2(OC1)O[C@H]1CC3[C@@H]4CC[C@H]5C[C@@H](O[C@@H]6O[C@H](CO)[C@@H](O[C@@H]7O[C@H](C)[C@@H](O)[C@H](O)[C@@H]7O)[C@H](O)[C@H]6O[C@@H]6O[C@@H](C)[C@H](O)[C@@H](O)[C@H]6O)CC[C@]5(C)C4CC[C@]3(C)C1[C@@H]2C. The second-order valence-corrected chi connectivity index (χ2v) is 21.5. The summed E-state index contributed by atoms with van der Waals surface area (Å²) in [5.41, 5.74) is 0.350. The fraction of sp³-hybridized carbons (Fsp3) is 1.00. The van der Waals surface area contributed by atoms with Crippen LogP contribution in [0.3, 0.4) is 0 Å². The van der Waals surface area contributed by atoms with Crippen molar-refractivity contribution in [3.8, 4) is 0 Å². The summed E-state index contributed by atoms with van der Waals surface area (Å²) in [6, 6.07) is 0. The summed E-state index contributed by atoms with van der Waals surface area (Å²) in [6.45, 7) is 12.9. The third kappa shape index (κ3) is 7.50. The number of aliphatic hydroxyl groups is 8. The van der Waals surface area contributed by atoms with Crippen LogP contribution in [0.25, 0.3) is 0 Å². The van der Waals surface area contributed by atoms with Crippen LogP contribution in [0.5, 0.6) is 0 Å². The molecule has 0 aromatic heterocycles. The van der Waals surface area contributed by atoms with E-state index in [9.17, 15) is 40.9 Å². The van der Waals surface area contributed by atoms with Crippen LogP contribution in [0.2, 0.25) is 0 Å². The lowest BCUT2D eigenvalue weighted by atomic mass is 9.44. The number of ether oxygens (including phenoxy) is 8. The van der Waals surface area contributed by atoms with Gasteiger partial charge in [0.25, 0.3) is 0 Å². The molecule has 16 nitrogen and oxygen atoms in total. The van der Waals surface area contributed by atoms with Gasteiger partial charge in [0.2, 0.25) is 0 Å². The van der Waals surface area contributed by atoms with Crippen molar-refractivity contribution in [3.05, 3.63) is 0 Å². The molecule has 5 saturated heterocycles. The number of hydrogen-bond donors (Lipinski definition) is 8. The summed E-state index contributed by atoms with van der Waals surface area (Å²) >= 11 is 0. The monoisotopic (exact) mass is 870 g/mol. The van der Waals surface area contributed by atoms with Crippen LogP contribution in [0.1, 0.15) is 106 Å². The molecule has 27 atom stereocenters. The first-order valence-electron chi connectivity index (χ1n) is 23.5. The summed E-state index contributed by atoms with van der Waals surface area (Å²) in [7, 11) is 0. The van der Waals surface area contributed by atoms with Gasteiger partial charge in [-0.3, -0.25) is 0 Å². The van der Waals surface area contributed by atoms with Crippen molar-refractivity contribution in [1.82, 2.24) is 0 Å². The molecule has 0 amide bonds. The molecule has 61 heavy (non-hydrogen) atoms. The van der Waals surface area contributed by atoms with Gasteiger partial charge in [0.15, 0.2) is 24.7 Å². The summed E-state index contributed by atoms with van der Waals surface area (Å²) in [6.07, 6.45) is -11.0. The van der Waals surface area contributed by atoms with Crippen LogP contribution >= 0.6 is 0 Å². The Balaban J connectivity index is 0.897. The molecule has 9 fully saturated rings. The normalized spacial score (nSPS) is 59.7. The van der Waals surface area contributed by atoms with Gasteiger partial charge in [-0.1, -0.05) is 27.7 Å². The molecule has 0 aromatic rings. The van der Waals surface area contributed by atoms with Gasteiger partial charge in [0.1, 0.15) is 61.0 Å². The van der Waals surface area contributed by atoms with Gasteiger partial charge < -0.3 is 78.7 Å². The molecule has 4 aliphatic carbocycles. The molecule has 4 saturated carbocycles. The average Bonchev–Trinajstić information content (AvgIpc) is 3.69. The Kier molecular flexibility index (Phi) is 12.6. The largest absolute Gasteiger partial charge is 0.394 e. The highest BCUT2D eigenvalue weighted by Gasteiger charge is 2.69. The van der Waals surface area contributed by atoms with E-state index in [2.05, 4.69) is 27.7 Å². The summed E-state index contributed by atoms with van der Waals surface area (Å²) in [4.78, 5) is 0. The fourth-order valence-corrected chi connectivity index (χ4v) is 14.6. The zero-order chi connectivity index (χ0) is 43.5. The minimum absolute atomic E-state index is 0.122. The van der Waals surface area contributed by atoms with Crippen molar-refractivity contribution in [3.63, 3.8) is 0 Å². The standard InChI is InChI=1S/C45H74O16/c1-19-9-14-45(54-18-19)20(2)30-28(61-45)16-27-25-8-7-23-15-24(10-12-43(23,5)26(25)11-13-44(27,30)6)57-42-39(60-41-36(52)34(50)32(48)22(4)56-41)37(53)38(29(17-46)58-42)59-40-35(51)33(49)31(47)21(3)55-40/h19-42,46-53H,7-18H2,1-6H3/t19?,20-,21+,22-,23-,24-,25+,26?,27?,28-,29+,30?,31+,32-,33-,34+,35-,36+,37-,38+,39+,40-,41-,42+,43-,44-,45+/m0/s1. The molecule has 9 rings (SSSR count). The van der Waals surface area contributed by atoms with Crippen LogP contribution in [-0.2, 0) is 37.9 Å². The highest BCUT2D eigenvalue weighted by molar-refractivity contribution is 5.15. The molecule has 350 valence electrons. The first-order chi connectivity index (χ1) is 28.9. The quantitative estimate of drug-likeness (QED) is 0.169. The van der Waals surface area contributed by atoms with Crippen molar-refractivity contribution < 1.29 is 78.7 Å². The van der Waals surface area contributed by atoms with E-state index >= 15 is 0 Å². The third-order valence-electron chi connectivity index (χ3n) is 18.2. The lowest BCUT2D eigenvalue weighted by Crippen LogP contribution is -2.66. The van der Waals surface area contributed by atoms with Gasteiger partial charge in [-0.15, -0.1) is 0 Å². The van der Waals surface area contributed by atoms with Crippen molar-refractivity contribution in [1.29, 1.82) is 0 Å². The third-order valence-corrected chi connectivity index (χ3v) is 18.2. The Labute approximate surface area is 359 Å². The lowest BCUT2D eigenvalue weighted by Gasteiger charge is -2.61. The van der Waals surface area contributed by atoms with Crippen LogP contribution in [-0.4, -0.2) is 164 Å². The van der Waals surface area contributed by atoms with E-state index in [0.29, 0.717) is 41.4 Å². The first kappa shape index (κ1) is 45.5. The Hall–Kier alpha value is -0.640. The smallest absolute Gasteiger partial charge is 0.187 e. The maximum Gasteiger partial charge on any atom is 0.187 e. The van der Waals surface area contributed by atoms with Crippen molar-refractivity contribution in [2.75, 3.05) is 13.2 Å². The molecule has 0 radical (unpaired) electrons. The average molecular weight is 871 g/mol. The Bertz CT molecular complexity index is 1530. The highest BCUT2D eigenvalue weighted by Crippen LogP contribution is 2.71. The van der Waals surface area contributed by atoms with E-state index < -0.39 is 105 Å². The van der Waals surface area contributed by atoms with E-state index in [-0.39, 0.29) is 23.0 Å². The van der Waals surface area contributed by atoms with Crippen LogP contribution < -0.4 is 0 Å². The molecular formula is C45H74O16. The molecule has 1 spiro atoms. The zero-order valence-electron chi connectivity index (χ0n) is 36.7. The van der Waals surface area contributed by atoms with Crippen LogP contribution in [0.4, 0.5) is 0 Å². The van der Waals surface area contributed by atoms with Crippen molar-refractivity contribution >= 4 is 0 Å². The Morgan fingerprint density at radius 1 is 0.590 bits per heavy atom. The van der Waals surface area contributed by atoms with E-state index in [1.807, 2.05) is 0 Å². The maximum atomic E-state index is 12.0. The lowest BCUT2D eigenvalue weighted by molar-refractivity contribution is -0.389. The number of fused-ring (bicyclic) bond motifs is 7. The first-order valence-corrected chi connectivity index (χ1v) is 23.5. The molecule has 0 aromatic carbocycles. The van der Waals surface area contributed by atoms with Crippen LogP contribution in [0.15, 0.2) is 0 Å². The van der Waals surface area contributed by atoms with Gasteiger partial charge in [-0.2, -0.15) is 0 Å². The highest BCUT2D eigenvalue weighted by atomic mass is 16.8. The molecule has 8 N–H and O–H groups in total. The zero-order valence-corrected chi connectivity index (χ0v) is 36.7. The number of aliphatic hydroxyl groups excluding tert-OH is 8. The van der Waals surface area contributed by atoms with Gasteiger partial charge >= 0.3 is 0 Å². The number of rotatable bonds is 7. The molecular weight excluding hydrogens is 796 g/mol. The molecule has 5 heterocycles. The van der Waals surface area contributed by atoms with Crippen molar-refractivity contribution in [2.24, 2.45) is 52.3 Å². The van der Waals surface area contributed by atoms with Gasteiger partial charge in [-0.05, 0) is 118 Å². The van der Waals surface area contributed by atoms with E-state index in [4.69, 9.17) is 37.9 Å². The molecule has 16 heteroatoms. The molecule has 5 aliphatic heterocycles. The van der Waals surface area contributed by atoms with E-state index in [0.717, 1.165) is 58.0 Å². The summed E-state index contributed by atoms with van der Waals surface area (Å²) < 4.78 is 50.3. The minimum Gasteiger partial charge on any atom is -0.394 e. The minimum atomic E-state index is -1.70. The summed E-state index contributed by atoms with van der Waals surface area (Å²) in [5.74, 6) is 3.27. The van der Waals surface area contributed by atoms with E-state index in [1.165, 1.54) is 26.7 Å². The second-order valence-electron chi connectivity index (χ2n) is 21.5. The molecule has 4 unspecified atom stereocenters. The van der Waals surface area contributed by atoms with Gasteiger partial charge in [0.05, 0.1) is 37.6 Å². The second kappa shape index (κ2) is 16.9.